The van der Waals surface area contributed by atoms with Crippen molar-refractivity contribution in [2.75, 3.05) is 10.6 Å². The van der Waals surface area contributed by atoms with Crippen molar-refractivity contribution in [2.24, 2.45) is 0 Å². The van der Waals surface area contributed by atoms with Crippen LogP contribution in [0.4, 0.5) is 23.2 Å². The van der Waals surface area contributed by atoms with Crippen molar-refractivity contribution < 1.29 is 30.4 Å². The van der Waals surface area contributed by atoms with Crippen LogP contribution in [0.3, 0.4) is 0 Å². The van der Waals surface area contributed by atoms with Crippen LogP contribution in [-0.2, 0) is 22.7 Å². The van der Waals surface area contributed by atoms with Gasteiger partial charge in [-0.1, -0.05) is 23.7 Å². The van der Waals surface area contributed by atoms with E-state index >= 15 is 0 Å². The molecule has 0 saturated heterocycles. The zero-order valence-corrected chi connectivity index (χ0v) is 16.2. The first-order valence-electron chi connectivity index (χ1n) is 7.88. The second kappa shape index (κ2) is 7.64. The molecule has 1 heterocycles. The number of halogens is 5. The third kappa shape index (κ3) is 4.85. The van der Waals surface area contributed by atoms with E-state index in [0.29, 0.717) is 5.02 Å². The fraction of sp³-hybridized carbons (Fsp3) is 0.176. The lowest BCUT2D eigenvalue weighted by atomic mass is 10.1. The molecule has 3 rings (SSSR count). The highest BCUT2D eigenvalue weighted by Gasteiger charge is 2.38. The number of rotatable bonds is 5. The Morgan fingerprint density at radius 2 is 1.86 bits per heavy atom. The summed E-state index contributed by atoms with van der Waals surface area (Å²) in [5.74, 6) is -2.93. The maximum Gasteiger partial charge on any atom is 0.470 e. The molecule has 0 bridgehead atoms. The van der Waals surface area contributed by atoms with Gasteiger partial charge in [0, 0.05) is 16.1 Å². The van der Waals surface area contributed by atoms with E-state index in [9.17, 15) is 26.0 Å². The van der Waals surface area contributed by atoms with Crippen LogP contribution in [-0.4, -0.2) is 24.9 Å². The van der Waals surface area contributed by atoms with Crippen LogP contribution in [0.25, 0.3) is 11.5 Å². The van der Waals surface area contributed by atoms with E-state index in [1.807, 2.05) is 0 Å². The minimum absolute atomic E-state index is 0.0188. The predicted octanol–water partition coefficient (Wildman–Crippen LogP) is 4.51. The molecule has 2 aromatic carbocycles. The Kier molecular flexibility index (Phi) is 5.54. The topological polar surface area (TPSA) is 76.3 Å². The van der Waals surface area contributed by atoms with Crippen LogP contribution < -0.4 is 4.31 Å². The lowest BCUT2D eigenvalue weighted by Gasteiger charge is -2.23. The Hall–Kier alpha value is -2.66. The van der Waals surface area contributed by atoms with Gasteiger partial charge in [-0.2, -0.15) is 13.2 Å². The SMILES string of the molecule is CS(=O)(=O)N(Cc1ccc(-c2nnc(C(F)(F)F)o2)cc1F)c1cccc(Cl)c1. The summed E-state index contributed by atoms with van der Waals surface area (Å²) >= 11 is 5.90. The van der Waals surface area contributed by atoms with Gasteiger partial charge in [-0.3, -0.25) is 4.31 Å². The second-order valence-electron chi connectivity index (χ2n) is 5.97. The molecule has 0 saturated carbocycles. The normalized spacial score (nSPS) is 12.2. The summed E-state index contributed by atoms with van der Waals surface area (Å²) in [6.45, 7) is -0.358. The summed E-state index contributed by atoms with van der Waals surface area (Å²) in [5, 5.41) is 6.43. The Morgan fingerprint density at radius 1 is 1.14 bits per heavy atom. The first-order chi connectivity index (χ1) is 13.4. The standard InChI is InChI=1S/C17H12ClF4N3O3S/c1-29(26,27)25(13-4-2-3-12(18)8-13)9-11-6-5-10(7-14(11)19)15-23-24-16(28-15)17(20,21)22/h2-8H,9H2,1H3. The van der Waals surface area contributed by atoms with E-state index in [0.717, 1.165) is 16.6 Å². The van der Waals surface area contributed by atoms with Crippen LogP contribution in [0.5, 0.6) is 0 Å². The predicted molar refractivity (Wildman–Crippen MR) is 97.2 cm³/mol. The number of hydrogen-bond acceptors (Lipinski definition) is 5. The molecule has 0 amide bonds. The first-order valence-corrected chi connectivity index (χ1v) is 10.1. The number of benzene rings is 2. The third-order valence-corrected chi connectivity index (χ3v) is 5.15. The molecule has 0 atom stereocenters. The summed E-state index contributed by atoms with van der Waals surface area (Å²) in [5.41, 5.74) is 0.132. The van der Waals surface area contributed by atoms with Crippen LogP contribution in [0.15, 0.2) is 46.9 Å². The molecule has 0 aliphatic rings. The van der Waals surface area contributed by atoms with Crippen molar-refractivity contribution >= 4 is 27.3 Å². The minimum Gasteiger partial charge on any atom is -0.413 e. The fourth-order valence-electron chi connectivity index (χ4n) is 2.45. The van der Waals surface area contributed by atoms with Crippen molar-refractivity contribution in [2.45, 2.75) is 12.7 Å². The van der Waals surface area contributed by atoms with Crippen molar-refractivity contribution in [1.29, 1.82) is 0 Å². The van der Waals surface area contributed by atoms with Crippen LogP contribution >= 0.6 is 11.6 Å². The lowest BCUT2D eigenvalue weighted by molar-refractivity contribution is -0.156. The average molecular weight is 450 g/mol. The van der Waals surface area contributed by atoms with Crippen LogP contribution in [0.2, 0.25) is 5.02 Å². The molecule has 0 radical (unpaired) electrons. The zero-order valence-electron chi connectivity index (χ0n) is 14.6. The highest BCUT2D eigenvalue weighted by molar-refractivity contribution is 7.92. The van der Waals surface area contributed by atoms with Gasteiger partial charge in [0.25, 0.3) is 0 Å². The Balaban J connectivity index is 1.92. The molecular formula is C17H12ClF4N3O3S. The zero-order chi connectivity index (χ0) is 21.4. The smallest absolute Gasteiger partial charge is 0.413 e. The van der Waals surface area contributed by atoms with Crippen molar-refractivity contribution in [1.82, 2.24) is 10.2 Å². The Morgan fingerprint density at radius 3 is 2.41 bits per heavy atom. The summed E-state index contributed by atoms with van der Waals surface area (Å²) < 4.78 is 82.0. The van der Waals surface area contributed by atoms with Crippen molar-refractivity contribution in [3.8, 4) is 11.5 Å². The second-order valence-corrected chi connectivity index (χ2v) is 8.31. The van der Waals surface area contributed by atoms with Crippen LogP contribution in [0, 0.1) is 5.82 Å². The van der Waals surface area contributed by atoms with E-state index in [1.165, 1.54) is 24.3 Å². The van der Waals surface area contributed by atoms with Gasteiger partial charge < -0.3 is 4.42 Å². The maximum atomic E-state index is 14.6. The maximum absolute atomic E-state index is 14.6. The number of sulfonamides is 1. The van der Waals surface area contributed by atoms with Gasteiger partial charge in [-0.25, -0.2) is 12.8 Å². The van der Waals surface area contributed by atoms with E-state index in [-0.39, 0.29) is 23.4 Å². The molecule has 0 aliphatic heterocycles. The summed E-state index contributed by atoms with van der Waals surface area (Å²) in [6, 6.07) is 9.38. The molecule has 154 valence electrons. The molecule has 6 nitrogen and oxygen atoms in total. The number of nitrogens with zero attached hydrogens (tertiary/aromatic N) is 3. The Bertz CT molecular complexity index is 1150. The van der Waals surface area contributed by atoms with Gasteiger partial charge in [-0.15, -0.1) is 10.2 Å². The molecule has 12 heteroatoms. The van der Waals surface area contributed by atoms with E-state index in [2.05, 4.69) is 14.6 Å². The molecule has 3 aromatic rings. The first kappa shape index (κ1) is 21.1. The van der Waals surface area contributed by atoms with E-state index in [1.54, 1.807) is 12.1 Å². The highest BCUT2D eigenvalue weighted by Crippen LogP contribution is 2.31. The number of alkyl halides is 3. The quantitative estimate of drug-likeness (QED) is 0.535. The van der Waals surface area contributed by atoms with Crippen LogP contribution in [0.1, 0.15) is 11.5 Å². The number of aromatic nitrogens is 2. The van der Waals surface area contributed by atoms with Crippen molar-refractivity contribution in [3.63, 3.8) is 0 Å². The van der Waals surface area contributed by atoms with Gasteiger partial charge in [-0.05, 0) is 30.3 Å². The monoisotopic (exact) mass is 449 g/mol. The average Bonchev–Trinajstić information content (AvgIpc) is 3.10. The van der Waals surface area contributed by atoms with E-state index in [4.69, 9.17) is 11.6 Å². The molecule has 1 aromatic heterocycles. The van der Waals surface area contributed by atoms with Crippen molar-refractivity contribution in [3.05, 3.63) is 64.8 Å². The van der Waals surface area contributed by atoms with Gasteiger partial charge in [0.05, 0.1) is 18.5 Å². The largest absolute Gasteiger partial charge is 0.470 e. The van der Waals surface area contributed by atoms with Gasteiger partial charge >= 0.3 is 12.1 Å². The molecule has 0 fully saturated rings. The van der Waals surface area contributed by atoms with E-state index < -0.39 is 33.8 Å². The molecular weight excluding hydrogens is 438 g/mol. The lowest BCUT2D eigenvalue weighted by Crippen LogP contribution is -2.29. The molecule has 0 aliphatic carbocycles. The van der Waals surface area contributed by atoms with Gasteiger partial charge in [0.2, 0.25) is 15.9 Å². The molecule has 0 spiro atoms. The number of anilines is 1. The minimum atomic E-state index is -4.82. The summed E-state index contributed by atoms with van der Waals surface area (Å²) in [4.78, 5) is 0. The summed E-state index contributed by atoms with van der Waals surface area (Å²) in [7, 11) is -3.78. The number of hydrogen-bond donors (Lipinski definition) is 0. The van der Waals surface area contributed by atoms with Gasteiger partial charge in [0.1, 0.15) is 5.82 Å². The highest BCUT2D eigenvalue weighted by atomic mass is 35.5. The summed E-state index contributed by atoms with van der Waals surface area (Å²) in [6.07, 6.45) is -3.87. The molecule has 0 N–H and O–H groups in total. The molecule has 29 heavy (non-hydrogen) atoms. The fourth-order valence-corrected chi connectivity index (χ4v) is 3.50. The Labute approximate surface area is 167 Å². The third-order valence-electron chi connectivity index (χ3n) is 3.78. The van der Waals surface area contributed by atoms with Gasteiger partial charge in [0.15, 0.2) is 0 Å². The molecule has 0 unspecified atom stereocenters.